The van der Waals surface area contributed by atoms with E-state index in [1.54, 1.807) is 0 Å². The van der Waals surface area contributed by atoms with Gasteiger partial charge in [0.15, 0.2) is 12.6 Å². The summed E-state index contributed by atoms with van der Waals surface area (Å²) in [5, 5.41) is 221. The molecule has 52 heteroatoms. The maximum atomic E-state index is 14.4. The number of aliphatic carboxylic acids is 12. The zero-order valence-electron chi connectivity index (χ0n) is 60.2. The largest absolute Gasteiger partial charge is 0.480 e. The number of aliphatic hydroxyl groups is 9. The third-order valence-corrected chi connectivity index (χ3v) is 16.7. The van der Waals surface area contributed by atoms with E-state index >= 15 is 0 Å². The number of ether oxygens (including phenoxy) is 4. The molecule has 2 aliphatic heterocycles. The number of nitrogens with zero attached hydrogens (tertiary/aromatic N) is 9. The molecule has 14 atom stereocenters. The van der Waals surface area contributed by atoms with Crippen molar-refractivity contribution in [1.29, 1.82) is 0 Å². The Bertz CT molecular complexity index is 3050. The van der Waals surface area contributed by atoms with Crippen LogP contribution in [0.25, 0.3) is 0 Å². The summed E-state index contributed by atoms with van der Waals surface area (Å²) in [4.78, 5) is 191. The maximum Gasteiger partial charge on any atom is 0.317 e. The van der Waals surface area contributed by atoms with Crippen LogP contribution in [-0.4, -0.2) is 529 Å². The van der Waals surface area contributed by atoms with Gasteiger partial charge in [0.05, 0.1) is 131 Å². The molecule has 112 heavy (non-hydrogen) atoms. The molecule has 0 aromatic heterocycles. The molecule has 24 N–H and O–H groups in total. The van der Waals surface area contributed by atoms with Gasteiger partial charge >= 0.3 is 71.6 Å². The van der Waals surface area contributed by atoms with Crippen LogP contribution in [0.2, 0.25) is 0 Å². The molecule has 0 bridgehead atoms. The van der Waals surface area contributed by atoms with E-state index < -0.39 is 326 Å². The first-order chi connectivity index (χ1) is 52.5. The first kappa shape index (κ1) is 99.2. The molecule has 2 rings (SSSR count). The molecular formula is C60H100N12O40. The highest BCUT2D eigenvalue weighted by atomic mass is 16.7. The number of amides is 3. The van der Waals surface area contributed by atoms with Gasteiger partial charge in [0.25, 0.3) is 0 Å². The van der Waals surface area contributed by atoms with Crippen molar-refractivity contribution in [2.24, 2.45) is 0 Å². The lowest BCUT2D eigenvalue weighted by Crippen LogP contribution is -2.70. The fourth-order valence-corrected chi connectivity index (χ4v) is 11.5. The number of hydrogen-bond donors (Lipinski definition) is 24. The second-order valence-electron chi connectivity index (χ2n) is 25.7. The van der Waals surface area contributed by atoms with E-state index in [2.05, 4.69) is 16.0 Å². The summed E-state index contributed by atoms with van der Waals surface area (Å²) in [5.41, 5.74) is 0. The second kappa shape index (κ2) is 51.0. The number of carboxylic acids is 12. The summed E-state index contributed by atoms with van der Waals surface area (Å²) in [5.74, 6) is -21.5. The Morgan fingerprint density at radius 3 is 0.848 bits per heavy atom. The van der Waals surface area contributed by atoms with Gasteiger partial charge in [0, 0.05) is 78.5 Å². The molecule has 0 aromatic rings. The molecular weight excluding hydrogens is 1530 g/mol. The van der Waals surface area contributed by atoms with Crippen molar-refractivity contribution in [2.75, 3.05) is 203 Å². The minimum absolute atomic E-state index is 0.296. The van der Waals surface area contributed by atoms with Gasteiger partial charge in [0.1, 0.15) is 67.0 Å². The van der Waals surface area contributed by atoms with Crippen LogP contribution in [-0.2, 0) is 90.9 Å². The van der Waals surface area contributed by atoms with E-state index in [-0.39, 0.29) is 52.4 Å². The lowest BCUT2D eigenvalue weighted by Gasteiger charge is -2.48. The van der Waals surface area contributed by atoms with E-state index in [0.29, 0.717) is 0 Å². The standard InChI is InChI=1S/C60H100N12O40/c73-28-32(61-36(77)13-67(19-42(86)87)7-1-64(16-39(80)81)4-10-70(22-45(92)93)23-46(94)95)53(104)54(105)33(29-74)109-59-52(63-38(79)15-69(21-44(90)91)9-3-66(18-41(84)85)6-12-72(26-49(100)101)27-50(102)103)57(108)58(35(31-76)111-59)112-60-51(56(107)55(106)34(30-75)110-60)62-37(78)14-68(20-43(88)89)8-2-65(17-40(82)83)5-11-71(24-47(96)97)25-48(98)99/h32-35,51-60,73-76,104-108H,1-31H2,(H,61,77)(H,62,78)(H,63,79)(H,80,81)(H,82,83)(H,84,85)(H,86,87)(H,88,89)(H,90,91)(H,92,93)(H,94,95)(H,96,97)(H,98,99)(H,100,101)(H,102,103)/t32-,33-,34-,35-,51-,52-,53-,54-,55-,56-,57-,58-,59+,60-/m1/s1. The molecule has 2 fully saturated rings. The third-order valence-electron chi connectivity index (χ3n) is 16.7. The zero-order valence-corrected chi connectivity index (χ0v) is 60.2. The predicted molar refractivity (Wildman–Crippen MR) is 361 cm³/mol. The molecule has 0 unspecified atom stereocenters. The van der Waals surface area contributed by atoms with E-state index in [4.69, 9.17) is 18.9 Å². The number of nitrogens with one attached hydrogen (secondary N) is 3. The SMILES string of the molecule is O=C(O)CN(CCN(CC(=O)O)CC(=O)O)CCN(CC(=O)O)CC(=O)N[C@H]1[C@@H](O[C@H](CO)[C@@H](O)[C@H](O)[C@@H](CO)NC(=O)CN(CCN(CCN(CC(=O)O)CC(=O)O)CC(=O)O)CC(=O)O)O[C@H](CO)[C@@H](O[C@H]2O[C@H](CO)[C@@H](O)[C@H](O)[C@H]2NC(=O)CN(CCN(CCN(CC(=O)O)CC(=O)O)CC(=O)O)CC(=O)O)[C@@H]1O. The summed E-state index contributed by atoms with van der Waals surface area (Å²) in [6, 6.07) is -6.37. The number of aliphatic hydroxyl groups excluding tert-OH is 9. The molecule has 2 aliphatic rings. The molecule has 2 heterocycles. The first-order valence-corrected chi connectivity index (χ1v) is 33.9. The topological polar surface area (TPSA) is 783 Å². The maximum absolute atomic E-state index is 14.4. The van der Waals surface area contributed by atoms with E-state index in [0.717, 1.165) is 44.1 Å². The molecule has 0 aromatic carbocycles. The Hall–Kier alpha value is -8.83. The minimum atomic E-state index is -2.55. The van der Waals surface area contributed by atoms with Crippen molar-refractivity contribution in [3.63, 3.8) is 0 Å². The van der Waals surface area contributed by atoms with Crippen LogP contribution in [0.15, 0.2) is 0 Å². The number of carboxylic acid groups (broad SMARTS) is 12. The molecule has 0 spiro atoms. The Morgan fingerprint density at radius 2 is 0.571 bits per heavy atom. The highest BCUT2D eigenvalue weighted by molar-refractivity contribution is 5.81. The van der Waals surface area contributed by atoms with E-state index in [1.807, 2.05) is 0 Å². The van der Waals surface area contributed by atoms with Crippen LogP contribution in [0.4, 0.5) is 0 Å². The van der Waals surface area contributed by atoms with Gasteiger partial charge in [-0.1, -0.05) is 0 Å². The zero-order chi connectivity index (χ0) is 84.8. The summed E-state index contributed by atoms with van der Waals surface area (Å²) < 4.78 is 23.6. The lowest BCUT2D eigenvalue weighted by atomic mass is 9.94. The van der Waals surface area contributed by atoms with Crippen LogP contribution in [0, 0.1) is 0 Å². The molecule has 0 saturated carbocycles. The third kappa shape index (κ3) is 39.1. The summed E-state index contributed by atoms with van der Waals surface area (Å²) in [6.07, 6.45) is -25.0. The monoisotopic (exact) mass is 1630 g/mol. The Morgan fingerprint density at radius 1 is 0.312 bits per heavy atom. The smallest absolute Gasteiger partial charge is 0.317 e. The van der Waals surface area contributed by atoms with Crippen molar-refractivity contribution in [3.05, 3.63) is 0 Å². The van der Waals surface area contributed by atoms with Crippen molar-refractivity contribution in [2.45, 2.75) is 85.6 Å². The van der Waals surface area contributed by atoms with Gasteiger partial charge in [-0.25, -0.2) is 0 Å². The first-order valence-electron chi connectivity index (χ1n) is 33.9. The van der Waals surface area contributed by atoms with Gasteiger partial charge < -0.3 is 142 Å². The van der Waals surface area contributed by atoms with Crippen molar-refractivity contribution in [3.8, 4) is 0 Å². The molecule has 2 saturated heterocycles. The second-order valence-corrected chi connectivity index (χ2v) is 25.7. The van der Waals surface area contributed by atoms with Gasteiger partial charge in [-0.05, 0) is 0 Å². The Labute approximate surface area is 634 Å². The normalized spacial score (nSPS) is 21.1. The van der Waals surface area contributed by atoms with Gasteiger partial charge in [-0.15, -0.1) is 0 Å². The minimum Gasteiger partial charge on any atom is -0.480 e. The average molecular weight is 1630 g/mol. The number of rotatable bonds is 62. The predicted octanol–water partition coefficient (Wildman–Crippen LogP) is -15.8. The molecule has 3 amide bonds. The van der Waals surface area contributed by atoms with Gasteiger partial charge in [0.2, 0.25) is 17.7 Å². The van der Waals surface area contributed by atoms with Crippen LogP contribution in [0.5, 0.6) is 0 Å². The van der Waals surface area contributed by atoms with Crippen LogP contribution in [0.1, 0.15) is 0 Å². The number of carbonyl (C=O) groups is 15. The highest BCUT2D eigenvalue weighted by Gasteiger charge is 2.53. The number of carbonyl (C=O) groups excluding carboxylic acids is 3. The van der Waals surface area contributed by atoms with Crippen LogP contribution < -0.4 is 16.0 Å². The van der Waals surface area contributed by atoms with Gasteiger partial charge in [-0.3, -0.25) is 116 Å². The fraction of sp³-hybridized carbons (Fsp3) is 0.750. The van der Waals surface area contributed by atoms with Gasteiger partial charge in [-0.2, -0.15) is 0 Å². The summed E-state index contributed by atoms with van der Waals surface area (Å²) in [6.45, 7) is -22.8. The van der Waals surface area contributed by atoms with Crippen molar-refractivity contribution >= 4 is 89.4 Å². The Kier molecular flexibility index (Phi) is 45.2. The quantitative estimate of drug-likeness (QED) is 0.0269. The lowest BCUT2D eigenvalue weighted by molar-refractivity contribution is -0.340. The van der Waals surface area contributed by atoms with Crippen LogP contribution in [0.3, 0.4) is 0 Å². The molecule has 0 radical (unpaired) electrons. The van der Waals surface area contributed by atoms with E-state index in [9.17, 15) is 179 Å². The van der Waals surface area contributed by atoms with Crippen molar-refractivity contribution < 1.29 is 198 Å². The van der Waals surface area contributed by atoms with Crippen LogP contribution >= 0.6 is 0 Å². The number of hydrogen-bond acceptors (Lipinski definition) is 37. The molecule has 52 nitrogen and oxygen atoms in total. The van der Waals surface area contributed by atoms with E-state index in [1.165, 1.54) is 0 Å². The summed E-state index contributed by atoms with van der Waals surface area (Å²) in [7, 11) is 0. The summed E-state index contributed by atoms with van der Waals surface area (Å²) >= 11 is 0. The highest BCUT2D eigenvalue weighted by Crippen LogP contribution is 2.31. The van der Waals surface area contributed by atoms with Crippen molar-refractivity contribution in [1.82, 2.24) is 60.0 Å². The molecule has 0 aliphatic carbocycles. The average Bonchev–Trinajstić information content (AvgIpc) is 0.774. The Balaban J connectivity index is 2.71. The molecule has 640 valence electrons. The fourth-order valence-electron chi connectivity index (χ4n) is 11.5.